The van der Waals surface area contributed by atoms with Gasteiger partial charge in [-0.25, -0.2) is 4.79 Å². The second-order valence-electron chi connectivity index (χ2n) is 4.41. The molecule has 2 aromatic carbocycles. The lowest BCUT2D eigenvalue weighted by molar-refractivity contribution is 0.0695. The average molecular weight is 319 g/mol. The molecule has 0 aliphatic carbocycles. The summed E-state index contributed by atoms with van der Waals surface area (Å²) in [6, 6.07) is 15.3. The van der Waals surface area contributed by atoms with Gasteiger partial charge in [0.1, 0.15) is 0 Å². The van der Waals surface area contributed by atoms with Crippen molar-refractivity contribution in [3.63, 3.8) is 0 Å². The second kappa shape index (κ2) is 6.53. The molecule has 0 radical (unpaired) electrons. The molecule has 0 bridgehead atoms. The molecule has 0 atom stereocenters. The molecular weight excluding hydrogens is 304 g/mol. The summed E-state index contributed by atoms with van der Waals surface area (Å²) in [5.41, 5.74) is 2.58. The van der Waals surface area contributed by atoms with Crippen LogP contribution in [0.15, 0.2) is 53.0 Å². The van der Waals surface area contributed by atoms with Gasteiger partial charge in [0.15, 0.2) is 0 Å². The first-order valence-corrected chi connectivity index (χ1v) is 7.02. The topological polar surface area (TPSA) is 37.3 Å². The summed E-state index contributed by atoms with van der Waals surface area (Å²) in [6.45, 7) is 0. The molecule has 3 heteroatoms. The molecule has 2 rings (SSSR count). The number of hydrogen-bond acceptors (Lipinski definition) is 1. The first-order valence-electron chi connectivity index (χ1n) is 6.23. The van der Waals surface area contributed by atoms with Crippen molar-refractivity contribution in [1.29, 1.82) is 0 Å². The summed E-state index contributed by atoms with van der Waals surface area (Å²) in [7, 11) is 0. The second-order valence-corrected chi connectivity index (χ2v) is 5.26. The molecule has 0 unspecified atom stereocenters. The van der Waals surface area contributed by atoms with E-state index in [1.165, 1.54) is 5.56 Å². The number of halogens is 1. The standard InChI is InChI=1S/C16H15BrO2/c17-15-11-4-2-7-13(15)9-5-8-12-6-1-3-10-14(12)16(18)19/h1-4,6-7,10-11H,5,8-9H2,(H,18,19). The lowest BCUT2D eigenvalue weighted by Crippen LogP contribution is -2.02. The molecule has 0 saturated heterocycles. The highest BCUT2D eigenvalue weighted by Crippen LogP contribution is 2.19. The van der Waals surface area contributed by atoms with Crippen LogP contribution in [0.25, 0.3) is 0 Å². The van der Waals surface area contributed by atoms with E-state index in [1.54, 1.807) is 12.1 Å². The monoisotopic (exact) mass is 318 g/mol. The van der Waals surface area contributed by atoms with Gasteiger partial charge in [-0.1, -0.05) is 52.3 Å². The van der Waals surface area contributed by atoms with E-state index in [1.807, 2.05) is 30.3 Å². The van der Waals surface area contributed by atoms with E-state index in [2.05, 4.69) is 22.0 Å². The van der Waals surface area contributed by atoms with Crippen LogP contribution in [-0.4, -0.2) is 11.1 Å². The largest absolute Gasteiger partial charge is 0.478 e. The van der Waals surface area contributed by atoms with E-state index in [-0.39, 0.29) is 0 Å². The molecule has 2 aromatic rings. The summed E-state index contributed by atoms with van der Waals surface area (Å²) >= 11 is 3.53. The molecule has 98 valence electrons. The van der Waals surface area contributed by atoms with E-state index < -0.39 is 5.97 Å². The van der Waals surface area contributed by atoms with Crippen molar-refractivity contribution in [2.45, 2.75) is 19.3 Å². The molecule has 19 heavy (non-hydrogen) atoms. The van der Waals surface area contributed by atoms with Crippen molar-refractivity contribution < 1.29 is 9.90 Å². The van der Waals surface area contributed by atoms with Gasteiger partial charge in [0.25, 0.3) is 0 Å². The van der Waals surface area contributed by atoms with Crippen LogP contribution >= 0.6 is 15.9 Å². The van der Waals surface area contributed by atoms with E-state index in [9.17, 15) is 4.79 Å². The van der Waals surface area contributed by atoms with Gasteiger partial charge < -0.3 is 5.11 Å². The average Bonchev–Trinajstić information content (AvgIpc) is 2.41. The van der Waals surface area contributed by atoms with Crippen LogP contribution in [0.4, 0.5) is 0 Å². The van der Waals surface area contributed by atoms with Crippen LogP contribution in [0.3, 0.4) is 0 Å². The third-order valence-corrected chi connectivity index (χ3v) is 3.87. The Morgan fingerprint density at radius 2 is 1.53 bits per heavy atom. The van der Waals surface area contributed by atoms with Gasteiger partial charge >= 0.3 is 5.97 Å². The summed E-state index contributed by atoms with van der Waals surface area (Å²) in [5, 5.41) is 9.12. The summed E-state index contributed by atoms with van der Waals surface area (Å²) in [6.07, 6.45) is 2.66. The zero-order chi connectivity index (χ0) is 13.7. The number of aromatic carboxylic acids is 1. The fourth-order valence-electron chi connectivity index (χ4n) is 2.12. The normalized spacial score (nSPS) is 10.4. The third-order valence-electron chi connectivity index (χ3n) is 3.10. The van der Waals surface area contributed by atoms with Gasteiger partial charge in [-0.3, -0.25) is 0 Å². The van der Waals surface area contributed by atoms with Gasteiger partial charge in [0.05, 0.1) is 5.56 Å². The molecule has 0 saturated carbocycles. The van der Waals surface area contributed by atoms with Crippen molar-refractivity contribution in [3.05, 3.63) is 69.7 Å². The predicted octanol–water partition coefficient (Wildman–Crippen LogP) is 4.32. The zero-order valence-electron chi connectivity index (χ0n) is 10.5. The lowest BCUT2D eigenvalue weighted by Gasteiger charge is -2.07. The van der Waals surface area contributed by atoms with E-state index in [4.69, 9.17) is 5.11 Å². The molecule has 0 aromatic heterocycles. The maximum Gasteiger partial charge on any atom is 0.335 e. The van der Waals surface area contributed by atoms with E-state index in [0.29, 0.717) is 5.56 Å². The molecule has 1 N–H and O–H groups in total. The Kier molecular flexibility index (Phi) is 4.74. The van der Waals surface area contributed by atoms with Crippen LogP contribution in [0, 0.1) is 0 Å². The lowest BCUT2D eigenvalue weighted by atomic mass is 10.00. The minimum atomic E-state index is -0.850. The Morgan fingerprint density at radius 1 is 0.947 bits per heavy atom. The SMILES string of the molecule is O=C(O)c1ccccc1CCCc1ccccc1Br. The summed E-state index contributed by atoms with van der Waals surface area (Å²) < 4.78 is 1.11. The van der Waals surface area contributed by atoms with Gasteiger partial charge in [-0.15, -0.1) is 0 Å². The predicted molar refractivity (Wildman–Crippen MR) is 79.6 cm³/mol. The van der Waals surface area contributed by atoms with Crippen LogP contribution in [0.2, 0.25) is 0 Å². The number of carboxylic acids is 1. The molecule has 0 aliphatic heterocycles. The first-order chi connectivity index (χ1) is 9.18. The first kappa shape index (κ1) is 13.8. The van der Waals surface area contributed by atoms with Crippen molar-refractivity contribution >= 4 is 21.9 Å². The number of carboxylic acid groups (broad SMARTS) is 1. The maximum absolute atomic E-state index is 11.1. The molecule has 0 heterocycles. The van der Waals surface area contributed by atoms with Crippen molar-refractivity contribution in [3.8, 4) is 0 Å². The Labute approximate surface area is 121 Å². The quantitative estimate of drug-likeness (QED) is 0.891. The maximum atomic E-state index is 11.1. The van der Waals surface area contributed by atoms with Crippen molar-refractivity contribution in [1.82, 2.24) is 0 Å². The number of hydrogen-bond donors (Lipinski definition) is 1. The highest BCUT2D eigenvalue weighted by Gasteiger charge is 2.08. The molecule has 2 nitrogen and oxygen atoms in total. The van der Waals surface area contributed by atoms with Gasteiger partial charge in [0, 0.05) is 4.47 Å². The van der Waals surface area contributed by atoms with Gasteiger partial charge in [-0.2, -0.15) is 0 Å². The minimum Gasteiger partial charge on any atom is -0.478 e. The van der Waals surface area contributed by atoms with Crippen molar-refractivity contribution in [2.75, 3.05) is 0 Å². The zero-order valence-corrected chi connectivity index (χ0v) is 12.1. The summed E-state index contributed by atoms with van der Waals surface area (Å²) in [5.74, 6) is -0.850. The summed E-state index contributed by atoms with van der Waals surface area (Å²) in [4.78, 5) is 11.1. The molecule has 0 fully saturated rings. The Balaban J connectivity index is 2.00. The smallest absolute Gasteiger partial charge is 0.335 e. The highest BCUT2D eigenvalue weighted by atomic mass is 79.9. The van der Waals surface area contributed by atoms with Crippen molar-refractivity contribution in [2.24, 2.45) is 0 Å². The van der Waals surface area contributed by atoms with E-state index in [0.717, 1.165) is 29.3 Å². The molecule has 0 amide bonds. The van der Waals surface area contributed by atoms with Gasteiger partial charge in [0.2, 0.25) is 0 Å². The number of benzene rings is 2. The van der Waals surface area contributed by atoms with Crippen LogP contribution in [0.1, 0.15) is 27.9 Å². The molecular formula is C16H15BrO2. The Hall–Kier alpha value is -1.61. The van der Waals surface area contributed by atoms with Crippen LogP contribution in [-0.2, 0) is 12.8 Å². The minimum absolute atomic E-state index is 0.412. The molecule has 0 aliphatic rings. The van der Waals surface area contributed by atoms with Crippen LogP contribution in [0.5, 0.6) is 0 Å². The third kappa shape index (κ3) is 3.67. The Morgan fingerprint density at radius 3 is 2.21 bits per heavy atom. The van der Waals surface area contributed by atoms with E-state index >= 15 is 0 Å². The number of aryl methyl sites for hydroxylation is 2. The fraction of sp³-hybridized carbons (Fsp3) is 0.188. The fourth-order valence-corrected chi connectivity index (χ4v) is 2.60. The highest BCUT2D eigenvalue weighted by molar-refractivity contribution is 9.10. The number of rotatable bonds is 5. The van der Waals surface area contributed by atoms with Gasteiger partial charge in [-0.05, 0) is 42.5 Å². The van der Waals surface area contributed by atoms with Crippen LogP contribution < -0.4 is 0 Å². The molecule has 0 spiro atoms. The Bertz CT molecular complexity index is 578. The number of carbonyl (C=O) groups is 1.